The Hall–Kier alpha value is -3.58. The lowest BCUT2D eigenvalue weighted by atomic mass is 10.1. The van der Waals surface area contributed by atoms with Crippen molar-refractivity contribution in [2.45, 2.75) is 13.3 Å². The topological polar surface area (TPSA) is 69.6 Å². The van der Waals surface area contributed by atoms with Crippen LogP contribution in [0.2, 0.25) is 0 Å². The van der Waals surface area contributed by atoms with E-state index in [0.29, 0.717) is 29.5 Å². The molecule has 0 unspecified atom stereocenters. The number of para-hydroxylation sites is 1. The van der Waals surface area contributed by atoms with Gasteiger partial charge in [-0.1, -0.05) is 24.3 Å². The Morgan fingerprint density at radius 1 is 1.00 bits per heavy atom. The maximum Gasteiger partial charge on any atom is 0.310 e. The third kappa shape index (κ3) is 5.26. The Kier molecular flexibility index (Phi) is 6.79. The van der Waals surface area contributed by atoms with Crippen molar-refractivity contribution in [1.82, 2.24) is 4.57 Å². The number of ether oxygens (including phenoxy) is 2. The van der Waals surface area contributed by atoms with Gasteiger partial charge in [-0.15, -0.1) is 0 Å². The van der Waals surface area contributed by atoms with Gasteiger partial charge in [0.05, 0.1) is 17.5 Å². The van der Waals surface area contributed by atoms with Crippen LogP contribution in [0.15, 0.2) is 77.3 Å². The minimum absolute atomic E-state index is 0.178. The molecule has 4 rings (SSSR count). The maximum atomic E-state index is 12.8. The molecule has 0 aliphatic carbocycles. The molecule has 1 amide bonds. The third-order valence-corrected chi connectivity index (χ3v) is 5.79. The molecule has 0 radical (unpaired) electrons. The highest BCUT2D eigenvalue weighted by molar-refractivity contribution is 9.10. The second-order valence-corrected chi connectivity index (χ2v) is 8.33. The van der Waals surface area contributed by atoms with Crippen LogP contribution in [0, 0.1) is 0 Å². The standard InChI is InChI=1S/C26H23BrN2O4/c1-3-32-25(30)15-17-8-13-24(21(27)14-17)33-20-11-9-19(10-12-20)28-26(31)23-16-18-6-4-5-7-22(18)29(23)2/h4-14,16H,3,15H2,1-2H3,(H,28,31). The molecule has 7 heteroatoms. The van der Waals surface area contributed by atoms with Crippen molar-refractivity contribution in [3.63, 3.8) is 0 Å². The molecule has 1 heterocycles. The lowest BCUT2D eigenvalue weighted by Gasteiger charge is -2.11. The Morgan fingerprint density at radius 3 is 2.45 bits per heavy atom. The van der Waals surface area contributed by atoms with Crippen molar-refractivity contribution in [2.75, 3.05) is 11.9 Å². The lowest BCUT2D eigenvalue weighted by molar-refractivity contribution is -0.142. The van der Waals surface area contributed by atoms with Crippen LogP contribution in [0.1, 0.15) is 23.0 Å². The molecule has 33 heavy (non-hydrogen) atoms. The molecule has 4 aromatic rings. The number of halogens is 1. The monoisotopic (exact) mass is 506 g/mol. The Morgan fingerprint density at radius 2 is 1.76 bits per heavy atom. The van der Waals surface area contributed by atoms with Crippen molar-refractivity contribution >= 4 is 44.4 Å². The number of hydrogen-bond donors (Lipinski definition) is 1. The maximum absolute atomic E-state index is 12.8. The first-order chi connectivity index (χ1) is 15.9. The number of carbonyl (C=O) groups excluding carboxylic acids is 2. The number of aryl methyl sites for hydroxylation is 1. The van der Waals surface area contributed by atoms with E-state index < -0.39 is 0 Å². The van der Waals surface area contributed by atoms with Gasteiger partial charge in [0.1, 0.15) is 17.2 Å². The fourth-order valence-corrected chi connectivity index (χ4v) is 4.06. The van der Waals surface area contributed by atoms with Gasteiger partial charge in [0.25, 0.3) is 5.91 Å². The van der Waals surface area contributed by atoms with Crippen molar-refractivity contribution in [2.24, 2.45) is 7.05 Å². The molecule has 0 saturated heterocycles. The highest BCUT2D eigenvalue weighted by Crippen LogP contribution is 2.31. The molecule has 0 aliphatic heterocycles. The predicted molar refractivity (Wildman–Crippen MR) is 132 cm³/mol. The minimum Gasteiger partial charge on any atom is -0.466 e. The summed E-state index contributed by atoms with van der Waals surface area (Å²) < 4.78 is 13.5. The second-order valence-electron chi connectivity index (χ2n) is 7.47. The first-order valence-corrected chi connectivity index (χ1v) is 11.3. The second kappa shape index (κ2) is 9.92. The van der Waals surface area contributed by atoms with Gasteiger partial charge in [0.2, 0.25) is 0 Å². The highest BCUT2D eigenvalue weighted by atomic mass is 79.9. The van der Waals surface area contributed by atoms with Gasteiger partial charge >= 0.3 is 5.97 Å². The van der Waals surface area contributed by atoms with E-state index in [2.05, 4.69) is 21.2 Å². The smallest absolute Gasteiger partial charge is 0.310 e. The van der Waals surface area contributed by atoms with E-state index in [1.54, 1.807) is 37.3 Å². The highest BCUT2D eigenvalue weighted by Gasteiger charge is 2.14. The molecule has 1 N–H and O–H groups in total. The van der Waals surface area contributed by atoms with Crippen LogP contribution in [0.4, 0.5) is 5.69 Å². The van der Waals surface area contributed by atoms with Crippen LogP contribution < -0.4 is 10.1 Å². The van der Waals surface area contributed by atoms with Crippen LogP contribution >= 0.6 is 15.9 Å². The van der Waals surface area contributed by atoms with Gasteiger partial charge in [-0.05, 0) is 76.9 Å². The summed E-state index contributed by atoms with van der Waals surface area (Å²) in [6, 6.07) is 22.4. The van der Waals surface area contributed by atoms with Crippen molar-refractivity contribution in [3.8, 4) is 11.5 Å². The van der Waals surface area contributed by atoms with Gasteiger partial charge in [-0.2, -0.15) is 0 Å². The molecule has 168 valence electrons. The van der Waals surface area contributed by atoms with Gasteiger partial charge < -0.3 is 19.4 Å². The van der Waals surface area contributed by atoms with E-state index in [1.807, 2.05) is 54.1 Å². The zero-order valence-electron chi connectivity index (χ0n) is 18.3. The van der Waals surface area contributed by atoms with Crippen LogP contribution in [-0.4, -0.2) is 23.1 Å². The number of carbonyl (C=O) groups is 2. The molecule has 0 spiro atoms. The molecular formula is C26H23BrN2O4. The summed E-state index contributed by atoms with van der Waals surface area (Å²) in [7, 11) is 1.88. The SMILES string of the molecule is CCOC(=O)Cc1ccc(Oc2ccc(NC(=O)c3cc4ccccc4n3C)cc2)c(Br)c1. The molecule has 1 aromatic heterocycles. The molecule has 0 bridgehead atoms. The van der Waals surface area contributed by atoms with E-state index in [-0.39, 0.29) is 18.3 Å². The van der Waals surface area contributed by atoms with Crippen LogP contribution in [0.25, 0.3) is 10.9 Å². The van der Waals surface area contributed by atoms with Crippen molar-refractivity contribution in [1.29, 1.82) is 0 Å². The minimum atomic E-state index is -0.265. The normalized spacial score (nSPS) is 10.8. The van der Waals surface area contributed by atoms with Gasteiger partial charge in [-0.3, -0.25) is 9.59 Å². The van der Waals surface area contributed by atoms with Crippen molar-refractivity contribution < 1.29 is 19.1 Å². The summed E-state index contributed by atoms with van der Waals surface area (Å²) in [5.74, 6) is 0.799. The number of esters is 1. The Balaban J connectivity index is 1.41. The van der Waals surface area contributed by atoms with E-state index in [9.17, 15) is 9.59 Å². The van der Waals surface area contributed by atoms with E-state index in [0.717, 1.165) is 20.9 Å². The predicted octanol–water partition coefficient (Wildman–Crippen LogP) is 6.09. The average molecular weight is 507 g/mol. The first-order valence-electron chi connectivity index (χ1n) is 10.5. The van der Waals surface area contributed by atoms with Gasteiger partial charge in [0.15, 0.2) is 0 Å². The number of nitrogens with zero attached hydrogens (tertiary/aromatic N) is 1. The van der Waals surface area contributed by atoms with Crippen LogP contribution in [0.3, 0.4) is 0 Å². The quantitative estimate of drug-likeness (QED) is 0.308. The molecule has 0 atom stereocenters. The summed E-state index contributed by atoms with van der Waals surface area (Å²) in [5, 5.41) is 3.95. The van der Waals surface area contributed by atoms with Crippen molar-refractivity contribution in [3.05, 3.63) is 88.5 Å². The zero-order valence-corrected chi connectivity index (χ0v) is 19.9. The fraction of sp³-hybridized carbons (Fsp3) is 0.154. The van der Waals surface area contributed by atoms with E-state index >= 15 is 0 Å². The number of benzene rings is 3. The van der Waals surface area contributed by atoms with Gasteiger partial charge in [0, 0.05) is 23.6 Å². The number of nitrogens with one attached hydrogen (secondary N) is 1. The molecule has 0 fully saturated rings. The summed E-state index contributed by atoms with van der Waals surface area (Å²) in [6.07, 6.45) is 0.206. The molecule has 0 aliphatic rings. The zero-order chi connectivity index (χ0) is 23.4. The summed E-state index contributed by atoms with van der Waals surface area (Å²) in [4.78, 5) is 24.4. The largest absolute Gasteiger partial charge is 0.466 e. The molecule has 6 nitrogen and oxygen atoms in total. The molecule has 0 saturated carbocycles. The fourth-order valence-electron chi connectivity index (χ4n) is 3.55. The lowest BCUT2D eigenvalue weighted by Crippen LogP contribution is -2.15. The summed E-state index contributed by atoms with van der Waals surface area (Å²) in [5.41, 5.74) is 3.09. The summed E-state index contributed by atoms with van der Waals surface area (Å²) >= 11 is 3.49. The number of amides is 1. The average Bonchev–Trinajstić information content (AvgIpc) is 3.14. The number of anilines is 1. The number of hydrogen-bond acceptors (Lipinski definition) is 4. The Bertz CT molecular complexity index is 1310. The number of rotatable bonds is 7. The molecule has 3 aromatic carbocycles. The molecular weight excluding hydrogens is 484 g/mol. The van der Waals surface area contributed by atoms with Gasteiger partial charge in [-0.25, -0.2) is 0 Å². The number of fused-ring (bicyclic) bond motifs is 1. The van der Waals surface area contributed by atoms with E-state index in [4.69, 9.17) is 9.47 Å². The Labute approximate surface area is 200 Å². The first kappa shape index (κ1) is 22.6. The van der Waals surface area contributed by atoms with Crippen LogP contribution in [-0.2, 0) is 23.0 Å². The summed E-state index contributed by atoms with van der Waals surface area (Å²) in [6.45, 7) is 2.14. The van der Waals surface area contributed by atoms with Crippen LogP contribution in [0.5, 0.6) is 11.5 Å². The third-order valence-electron chi connectivity index (χ3n) is 5.17. The van der Waals surface area contributed by atoms with E-state index in [1.165, 1.54) is 0 Å². The number of aromatic nitrogens is 1.